The van der Waals surface area contributed by atoms with E-state index in [1.807, 2.05) is 6.92 Å². The Balaban J connectivity index is -0.000000221. The van der Waals surface area contributed by atoms with Crippen LogP contribution in [0.25, 0.3) is 0 Å². The topological polar surface area (TPSA) is 163 Å². The third kappa shape index (κ3) is 36.0. The molecule has 11 heteroatoms. The monoisotopic (exact) mass is 598 g/mol. The van der Waals surface area contributed by atoms with Gasteiger partial charge in [0, 0.05) is 28.9 Å². The zero-order valence-corrected chi connectivity index (χ0v) is 25.9. The lowest BCUT2D eigenvalue weighted by Gasteiger charge is -2.21. The van der Waals surface area contributed by atoms with Crippen LogP contribution in [0.1, 0.15) is 72.6 Å². The van der Waals surface area contributed by atoms with Crippen molar-refractivity contribution in [2.45, 2.75) is 78.7 Å². The minimum Gasteiger partial charge on any atom is -0.478 e. The van der Waals surface area contributed by atoms with Crippen LogP contribution < -0.4 is 0 Å². The molecule has 11 nitrogen and oxygen atoms in total. The Morgan fingerprint density at radius 1 is 0.786 bits per heavy atom. The Bertz CT molecular complexity index is 864. The average Bonchev–Trinajstić information content (AvgIpc) is 2.97. The fraction of sp³-hybridized carbons (Fsp3) is 0.516. The lowest BCUT2D eigenvalue weighted by atomic mass is 9.98. The van der Waals surface area contributed by atoms with Crippen LogP contribution in [-0.2, 0) is 42.9 Å². The van der Waals surface area contributed by atoms with Gasteiger partial charge in [-0.25, -0.2) is 24.0 Å². The first kappa shape index (κ1) is 45.0. The molecule has 1 rings (SSSR count). The number of aliphatic hydroxyl groups excluding tert-OH is 1. The largest absolute Gasteiger partial charge is 0.478 e. The molecule has 0 spiro atoms. The van der Waals surface area contributed by atoms with Gasteiger partial charge < -0.3 is 29.2 Å². The van der Waals surface area contributed by atoms with Crippen LogP contribution >= 0.6 is 0 Å². The van der Waals surface area contributed by atoms with Crippen molar-refractivity contribution >= 4 is 29.8 Å². The Labute approximate surface area is 250 Å². The van der Waals surface area contributed by atoms with E-state index in [1.54, 1.807) is 20.8 Å². The molecule has 240 valence electrons. The summed E-state index contributed by atoms with van der Waals surface area (Å²) in [6.45, 7) is 23.8. The third-order valence-electron chi connectivity index (χ3n) is 4.46. The molecule has 0 unspecified atom stereocenters. The van der Waals surface area contributed by atoms with Gasteiger partial charge in [-0.2, -0.15) is 0 Å². The van der Waals surface area contributed by atoms with Gasteiger partial charge in [0.15, 0.2) is 0 Å². The number of aliphatic carboxylic acids is 1. The standard InChI is InChI=1S/C10H16O2.C7H12O2.C6H10O3.C5H8O2.C3H4O2/c1-8(2)10(11)12-9-6-4-3-5-7-9;1-3-5-6-9-7(8)4-2;1-5(2)6(8)9-4-3-7;1-4(2)5(6)7-3;1-2-3(4)5/h9H,1,3-7H2,2H3;4H,2-3,5-6H2,1H3;7H,1,3-4H2,2H3;1H2,2-3H3;2H,1H2,(H,4,5). The maximum Gasteiger partial charge on any atom is 0.333 e. The number of esters is 4. The van der Waals surface area contributed by atoms with Crippen LogP contribution in [0.2, 0.25) is 0 Å². The summed E-state index contributed by atoms with van der Waals surface area (Å²) >= 11 is 0. The molecule has 1 fully saturated rings. The normalized spacial score (nSPS) is 11.1. The summed E-state index contributed by atoms with van der Waals surface area (Å²) in [4.78, 5) is 51.3. The molecule has 2 N–H and O–H groups in total. The van der Waals surface area contributed by atoms with E-state index in [2.05, 4.69) is 47.1 Å². The lowest BCUT2D eigenvalue weighted by molar-refractivity contribution is -0.145. The second-order valence-electron chi connectivity index (χ2n) is 8.62. The highest BCUT2D eigenvalue weighted by molar-refractivity contribution is 5.87. The maximum absolute atomic E-state index is 11.1. The summed E-state index contributed by atoms with van der Waals surface area (Å²) in [6.07, 6.45) is 9.85. The third-order valence-corrected chi connectivity index (χ3v) is 4.46. The molecule has 0 aromatic carbocycles. The average molecular weight is 599 g/mol. The number of aliphatic hydroxyl groups is 1. The number of methoxy groups -OCH3 is 1. The van der Waals surface area contributed by atoms with Crippen LogP contribution in [0, 0.1) is 0 Å². The molecule has 1 aliphatic rings. The maximum atomic E-state index is 11.1. The van der Waals surface area contributed by atoms with Crippen LogP contribution in [0.5, 0.6) is 0 Å². The Kier molecular flexibility index (Phi) is 33.8. The van der Waals surface area contributed by atoms with Crippen molar-refractivity contribution < 1.29 is 53.1 Å². The molecule has 0 aliphatic heterocycles. The fourth-order valence-electron chi connectivity index (χ4n) is 2.25. The number of rotatable bonds is 11. The van der Waals surface area contributed by atoms with E-state index >= 15 is 0 Å². The zero-order valence-electron chi connectivity index (χ0n) is 25.9. The van der Waals surface area contributed by atoms with E-state index in [4.69, 9.17) is 14.9 Å². The number of unbranched alkanes of at least 4 members (excludes halogenated alkanes) is 1. The van der Waals surface area contributed by atoms with Gasteiger partial charge in [-0.1, -0.05) is 52.7 Å². The zero-order chi connectivity index (χ0) is 33.5. The van der Waals surface area contributed by atoms with Crippen LogP contribution in [0.15, 0.2) is 61.8 Å². The minimum atomic E-state index is -0.981. The molecule has 42 heavy (non-hydrogen) atoms. The summed E-state index contributed by atoms with van der Waals surface area (Å²) in [7, 11) is 1.33. The lowest BCUT2D eigenvalue weighted by Crippen LogP contribution is -2.20. The SMILES string of the molecule is C=C(C)C(=O)OC.C=C(C)C(=O)OC1CCCCC1.C=C(C)C(=O)OCCO.C=CC(=O)O.C=CC(=O)OCCCC. The number of hydrogen-bond acceptors (Lipinski definition) is 10. The number of carbonyl (C=O) groups is 5. The summed E-state index contributed by atoms with van der Waals surface area (Å²) in [5.74, 6) is -2.35. The fourth-order valence-corrected chi connectivity index (χ4v) is 2.25. The Morgan fingerprint density at radius 2 is 1.26 bits per heavy atom. The van der Waals surface area contributed by atoms with E-state index in [1.165, 1.54) is 32.4 Å². The highest BCUT2D eigenvalue weighted by Gasteiger charge is 2.17. The number of carboxylic acids is 1. The van der Waals surface area contributed by atoms with Crippen molar-refractivity contribution in [2.24, 2.45) is 0 Å². The minimum absolute atomic E-state index is 0.0473. The van der Waals surface area contributed by atoms with Gasteiger partial charge in [-0.3, -0.25) is 0 Å². The number of carbonyl (C=O) groups excluding carboxylic acids is 4. The molecule has 0 aromatic heterocycles. The number of hydrogen-bond donors (Lipinski definition) is 2. The van der Waals surface area contributed by atoms with E-state index in [0.29, 0.717) is 23.3 Å². The van der Waals surface area contributed by atoms with Crippen molar-refractivity contribution in [1.29, 1.82) is 0 Å². The number of carboxylic acid groups (broad SMARTS) is 1. The van der Waals surface area contributed by atoms with E-state index < -0.39 is 11.9 Å². The molecule has 1 aliphatic carbocycles. The van der Waals surface area contributed by atoms with Gasteiger partial charge in [0.25, 0.3) is 0 Å². The highest BCUT2D eigenvalue weighted by Crippen LogP contribution is 2.20. The first-order valence-electron chi connectivity index (χ1n) is 13.3. The second-order valence-corrected chi connectivity index (χ2v) is 8.62. The quantitative estimate of drug-likeness (QED) is 0.142. The van der Waals surface area contributed by atoms with Crippen molar-refractivity contribution in [3.8, 4) is 0 Å². The predicted molar refractivity (Wildman–Crippen MR) is 161 cm³/mol. The van der Waals surface area contributed by atoms with Gasteiger partial charge in [0.1, 0.15) is 12.7 Å². The van der Waals surface area contributed by atoms with Crippen molar-refractivity contribution in [2.75, 3.05) is 26.9 Å². The molecular formula is C31H50O11. The molecule has 0 bridgehead atoms. The molecule has 1 saturated carbocycles. The molecule has 0 saturated heterocycles. The first-order valence-corrected chi connectivity index (χ1v) is 13.3. The van der Waals surface area contributed by atoms with Crippen molar-refractivity contribution in [3.05, 3.63) is 61.8 Å². The van der Waals surface area contributed by atoms with E-state index in [9.17, 15) is 24.0 Å². The van der Waals surface area contributed by atoms with E-state index in [0.717, 1.165) is 31.8 Å². The Hall–Kier alpha value is -3.99. The summed E-state index contributed by atoms with van der Waals surface area (Å²) < 4.78 is 18.6. The second kappa shape index (κ2) is 31.5. The predicted octanol–water partition coefficient (Wildman–Crippen LogP) is 5.04. The Morgan fingerprint density at radius 3 is 1.57 bits per heavy atom. The van der Waals surface area contributed by atoms with Crippen molar-refractivity contribution in [1.82, 2.24) is 0 Å². The van der Waals surface area contributed by atoms with Crippen LogP contribution in [0.4, 0.5) is 0 Å². The smallest absolute Gasteiger partial charge is 0.333 e. The molecule has 0 radical (unpaired) electrons. The van der Waals surface area contributed by atoms with Crippen LogP contribution in [-0.4, -0.2) is 73.1 Å². The molecule has 0 heterocycles. The van der Waals surface area contributed by atoms with Gasteiger partial charge >= 0.3 is 29.8 Å². The summed E-state index contributed by atoms with van der Waals surface area (Å²) in [5.41, 5.74) is 1.28. The van der Waals surface area contributed by atoms with Gasteiger partial charge in [0.2, 0.25) is 0 Å². The molecular weight excluding hydrogens is 548 g/mol. The van der Waals surface area contributed by atoms with Gasteiger partial charge in [0.05, 0.1) is 20.3 Å². The first-order chi connectivity index (χ1) is 19.6. The number of ether oxygens (including phenoxy) is 4. The van der Waals surface area contributed by atoms with Gasteiger partial charge in [-0.05, 0) is 52.9 Å². The van der Waals surface area contributed by atoms with Gasteiger partial charge in [-0.15, -0.1) is 0 Å². The summed E-state index contributed by atoms with van der Waals surface area (Å²) in [5, 5.41) is 15.8. The molecule has 0 aromatic rings. The molecule has 0 atom stereocenters. The van der Waals surface area contributed by atoms with Crippen molar-refractivity contribution in [3.63, 3.8) is 0 Å². The van der Waals surface area contributed by atoms with E-state index in [-0.39, 0.29) is 37.2 Å². The highest BCUT2D eigenvalue weighted by atomic mass is 16.5. The molecule has 0 amide bonds. The van der Waals surface area contributed by atoms with Crippen LogP contribution in [0.3, 0.4) is 0 Å². The summed E-state index contributed by atoms with van der Waals surface area (Å²) in [6, 6.07) is 0.